The summed E-state index contributed by atoms with van der Waals surface area (Å²) in [5, 5.41) is 0. The third-order valence-electron chi connectivity index (χ3n) is 4.57. The lowest BCUT2D eigenvalue weighted by molar-refractivity contribution is 0.0603. The number of rotatable bonds is 3. The minimum Gasteiger partial charge on any atom is -0.364 e. The number of aryl methyl sites for hydroxylation is 1. The number of nitrogens with zero attached hydrogens (tertiary/aromatic N) is 3. The van der Waals surface area contributed by atoms with E-state index in [-0.39, 0.29) is 11.6 Å². The monoisotopic (exact) mass is 342 g/mol. The average Bonchev–Trinajstić information content (AvgIpc) is 2.97. The van der Waals surface area contributed by atoms with E-state index in [1.165, 1.54) is 30.3 Å². The van der Waals surface area contributed by atoms with Crippen LogP contribution in [0.2, 0.25) is 0 Å². The van der Waals surface area contributed by atoms with Gasteiger partial charge in [0.15, 0.2) is 5.82 Å². The first-order valence-electron chi connectivity index (χ1n) is 8.05. The molecule has 1 aliphatic heterocycles. The molecule has 3 rings (SSSR count). The van der Waals surface area contributed by atoms with Crippen molar-refractivity contribution in [3.8, 4) is 0 Å². The van der Waals surface area contributed by atoms with Crippen molar-refractivity contribution in [1.29, 1.82) is 0 Å². The first kappa shape index (κ1) is 17.0. The zero-order valence-electron chi connectivity index (χ0n) is 14.1. The summed E-state index contributed by atoms with van der Waals surface area (Å²) in [6, 6.07) is 6.96. The van der Waals surface area contributed by atoms with Crippen molar-refractivity contribution in [2.24, 2.45) is 5.73 Å². The second-order valence-corrected chi connectivity index (χ2v) is 6.42. The standard InChI is InChI=1S/C18H19FN4O2/c1-11-10-14(15(20)24)22-17(21-11)18(2)8-3-9-23(18)16(25)12-4-6-13(19)7-5-12/h4-7,10H,3,8-9H2,1-2H3,(H2,20,24). The number of likely N-dealkylation sites (tertiary alicyclic amines) is 1. The number of hydrogen-bond acceptors (Lipinski definition) is 4. The Bertz CT molecular complexity index is 837. The van der Waals surface area contributed by atoms with Gasteiger partial charge in [-0.05, 0) is 57.0 Å². The summed E-state index contributed by atoms with van der Waals surface area (Å²) in [5.74, 6) is -0.849. The Balaban J connectivity index is 2.01. The summed E-state index contributed by atoms with van der Waals surface area (Å²) < 4.78 is 13.1. The maximum atomic E-state index is 13.1. The van der Waals surface area contributed by atoms with Gasteiger partial charge in [0.1, 0.15) is 17.1 Å². The number of amides is 2. The van der Waals surface area contributed by atoms with Crippen LogP contribution in [0.1, 0.15) is 52.1 Å². The van der Waals surface area contributed by atoms with Crippen LogP contribution >= 0.6 is 0 Å². The highest BCUT2D eigenvalue weighted by Gasteiger charge is 2.44. The van der Waals surface area contributed by atoms with Crippen molar-refractivity contribution in [3.05, 3.63) is 58.9 Å². The smallest absolute Gasteiger partial charge is 0.267 e. The second kappa shape index (κ2) is 6.23. The van der Waals surface area contributed by atoms with Crippen molar-refractivity contribution >= 4 is 11.8 Å². The number of carbonyl (C=O) groups excluding carboxylic acids is 2. The molecule has 2 heterocycles. The highest BCUT2D eigenvalue weighted by molar-refractivity contribution is 5.95. The van der Waals surface area contributed by atoms with E-state index >= 15 is 0 Å². The highest BCUT2D eigenvalue weighted by atomic mass is 19.1. The van der Waals surface area contributed by atoms with Crippen LogP contribution in [0.4, 0.5) is 4.39 Å². The molecule has 1 unspecified atom stereocenters. The quantitative estimate of drug-likeness (QED) is 0.926. The third-order valence-corrected chi connectivity index (χ3v) is 4.57. The highest BCUT2D eigenvalue weighted by Crippen LogP contribution is 2.37. The summed E-state index contributed by atoms with van der Waals surface area (Å²) >= 11 is 0. The molecule has 1 fully saturated rings. The second-order valence-electron chi connectivity index (χ2n) is 6.42. The summed E-state index contributed by atoms with van der Waals surface area (Å²) in [7, 11) is 0. The van der Waals surface area contributed by atoms with Gasteiger partial charge < -0.3 is 10.6 Å². The Kier molecular flexibility index (Phi) is 4.24. The van der Waals surface area contributed by atoms with E-state index in [1.807, 2.05) is 6.92 Å². The van der Waals surface area contributed by atoms with E-state index in [0.717, 1.165) is 6.42 Å². The van der Waals surface area contributed by atoms with Crippen LogP contribution in [0, 0.1) is 12.7 Å². The Hall–Kier alpha value is -2.83. The lowest BCUT2D eigenvalue weighted by Crippen LogP contribution is -2.44. The number of nitrogens with two attached hydrogens (primary N) is 1. The molecule has 25 heavy (non-hydrogen) atoms. The van der Waals surface area contributed by atoms with Crippen LogP contribution in [0.15, 0.2) is 30.3 Å². The van der Waals surface area contributed by atoms with Crippen LogP contribution in [0.3, 0.4) is 0 Å². The Morgan fingerprint density at radius 3 is 2.56 bits per heavy atom. The Morgan fingerprint density at radius 1 is 1.24 bits per heavy atom. The maximum absolute atomic E-state index is 13.1. The van der Waals surface area contributed by atoms with E-state index in [2.05, 4.69) is 9.97 Å². The number of halogens is 1. The summed E-state index contributed by atoms with van der Waals surface area (Å²) in [5.41, 5.74) is 5.74. The summed E-state index contributed by atoms with van der Waals surface area (Å²) in [6.07, 6.45) is 1.45. The molecule has 130 valence electrons. The van der Waals surface area contributed by atoms with E-state index < -0.39 is 17.3 Å². The van der Waals surface area contributed by atoms with Gasteiger partial charge in [-0.25, -0.2) is 14.4 Å². The predicted octanol–water partition coefficient (Wildman–Crippen LogP) is 2.17. The average molecular weight is 342 g/mol. The summed E-state index contributed by atoms with van der Waals surface area (Å²) in [6.45, 7) is 4.17. The minimum atomic E-state index is -0.748. The van der Waals surface area contributed by atoms with Crippen LogP contribution < -0.4 is 5.73 Å². The largest absolute Gasteiger partial charge is 0.364 e. The number of primary amides is 1. The fraction of sp³-hybridized carbons (Fsp3) is 0.333. The SMILES string of the molecule is Cc1cc(C(N)=O)nc(C2(C)CCCN2C(=O)c2ccc(F)cc2)n1. The normalized spacial score (nSPS) is 19.9. The Morgan fingerprint density at radius 2 is 1.92 bits per heavy atom. The predicted molar refractivity (Wildman–Crippen MR) is 89.3 cm³/mol. The van der Waals surface area contributed by atoms with Gasteiger partial charge in [-0.2, -0.15) is 0 Å². The zero-order chi connectivity index (χ0) is 18.2. The van der Waals surface area contributed by atoms with E-state index in [4.69, 9.17) is 5.73 Å². The molecule has 0 radical (unpaired) electrons. The fourth-order valence-corrected chi connectivity index (χ4v) is 3.21. The van der Waals surface area contributed by atoms with Gasteiger partial charge in [-0.15, -0.1) is 0 Å². The van der Waals surface area contributed by atoms with Gasteiger partial charge in [0, 0.05) is 17.8 Å². The first-order chi connectivity index (χ1) is 11.8. The lowest BCUT2D eigenvalue weighted by atomic mass is 9.96. The molecule has 1 atom stereocenters. The number of benzene rings is 1. The molecule has 0 aliphatic carbocycles. The molecular weight excluding hydrogens is 323 g/mol. The van der Waals surface area contributed by atoms with Gasteiger partial charge >= 0.3 is 0 Å². The van der Waals surface area contributed by atoms with E-state index in [9.17, 15) is 14.0 Å². The molecule has 1 aromatic carbocycles. The molecule has 1 saturated heterocycles. The number of aromatic nitrogens is 2. The van der Waals surface area contributed by atoms with Crippen LogP contribution in [0.25, 0.3) is 0 Å². The maximum Gasteiger partial charge on any atom is 0.267 e. The Labute approximate surface area is 144 Å². The van der Waals surface area contributed by atoms with Gasteiger partial charge in [-0.3, -0.25) is 9.59 Å². The molecule has 0 bridgehead atoms. The van der Waals surface area contributed by atoms with Gasteiger partial charge in [-0.1, -0.05) is 0 Å². The van der Waals surface area contributed by atoms with Crippen molar-refractivity contribution in [2.45, 2.75) is 32.2 Å². The van der Waals surface area contributed by atoms with Crippen molar-refractivity contribution in [3.63, 3.8) is 0 Å². The lowest BCUT2D eigenvalue weighted by Gasteiger charge is -2.34. The fourth-order valence-electron chi connectivity index (χ4n) is 3.21. The molecule has 0 spiro atoms. The third kappa shape index (κ3) is 3.09. The molecule has 1 aromatic heterocycles. The van der Waals surface area contributed by atoms with Crippen LogP contribution in [0.5, 0.6) is 0 Å². The summed E-state index contributed by atoms with van der Waals surface area (Å²) in [4.78, 5) is 34.8. The van der Waals surface area contributed by atoms with Crippen molar-refractivity contribution in [1.82, 2.24) is 14.9 Å². The van der Waals surface area contributed by atoms with Crippen LogP contribution in [-0.4, -0.2) is 33.2 Å². The molecule has 2 aromatic rings. The molecule has 2 N–H and O–H groups in total. The van der Waals surface area contributed by atoms with Crippen LogP contribution in [-0.2, 0) is 5.54 Å². The molecule has 0 saturated carbocycles. The number of carbonyl (C=O) groups is 2. The van der Waals surface area contributed by atoms with Gasteiger partial charge in [0.05, 0.1) is 0 Å². The van der Waals surface area contributed by atoms with E-state index in [1.54, 1.807) is 11.8 Å². The minimum absolute atomic E-state index is 0.129. The van der Waals surface area contributed by atoms with Crippen molar-refractivity contribution < 1.29 is 14.0 Å². The first-order valence-corrected chi connectivity index (χ1v) is 8.05. The molecule has 6 nitrogen and oxygen atoms in total. The van der Waals surface area contributed by atoms with Gasteiger partial charge in [0.2, 0.25) is 0 Å². The van der Waals surface area contributed by atoms with Gasteiger partial charge in [0.25, 0.3) is 11.8 Å². The molecular formula is C18H19FN4O2. The zero-order valence-corrected chi connectivity index (χ0v) is 14.1. The molecule has 7 heteroatoms. The van der Waals surface area contributed by atoms with Crippen molar-refractivity contribution in [2.75, 3.05) is 6.54 Å². The molecule has 2 amide bonds. The topological polar surface area (TPSA) is 89.2 Å². The molecule has 1 aliphatic rings. The number of hydrogen-bond donors (Lipinski definition) is 1. The van der Waals surface area contributed by atoms with E-state index in [0.29, 0.717) is 30.0 Å².